The van der Waals surface area contributed by atoms with E-state index < -0.39 is 0 Å². The molecule has 0 aliphatic heterocycles. The van der Waals surface area contributed by atoms with Crippen molar-refractivity contribution in [1.82, 2.24) is 19.2 Å². The lowest BCUT2D eigenvalue weighted by Gasteiger charge is -2.06. The summed E-state index contributed by atoms with van der Waals surface area (Å²) in [4.78, 5) is 18.2. The average molecular weight is 362 g/mol. The van der Waals surface area contributed by atoms with Crippen LogP contribution in [0.25, 0.3) is 5.65 Å². The molecular formula is C20H18N4OS. The number of benzene rings is 2. The first-order valence-corrected chi connectivity index (χ1v) is 9.17. The lowest BCUT2D eigenvalue weighted by Crippen LogP contribution is -2.21. The zero-order valence-corrected chi connectivity index (χ0v) is 15.4. The molecular weight excluding hydrogens is 344 g/mol. The summed E-state index contributed by atoms with van der Waals surface area (Å²) < 4.78 is 3.04. The van der Waals surface area contributed by atoms with Crippen molar-refractivity contribution in [3.63, 3.8) is 0 Å². The Balaban J connectivity index is 1.74. The van der Waals surface area contributed by atoms with E-state index in [4.69, 9.17) is 0 Å². The second-order valence-electron chi connectivity index (χ2n) is 6.22. The van der Waals surface area contributed by atoms with Crippen LogP contribution in [-0.4, -0.2) is 19.2 Å². The molecule has 0 radical (unpaired) electrons. The van der Waals surface area contributed by atoms with Crippen LogP contribution < -0.4 is 5.69 Å². The van der Waals surface area contributed by atoms with Gasteiger partial charge in [-0.25, -0.2) is 18.9 Å². The molecule has 6 heteroatoms. The molecule has 2 heterocycles. The highest BCUT2D eigenvalue weighted by atomic mass is 32.2. The van der Waals surface area contributed by atoms with Gasteiger partial charge in [0.15, 0.2) is 5.65 Å². The predicted molar refractivity (Wildman–Crippen MR) is 103 cm³/mol. The summed E-state index contributed by atoms with van der Waals surface area (Å²) >= 11 is 1.53. The van der Waals surface area contributed by atoms with Gasteiger partial charge in [0.2, 0.25) is 0 Å². The first-order valence-electron chi connectivity index (χ1n) is 8.35. The van der Waals surface area contributed by atoms with Gasteiger partial charge in [0, 0.05) is 17.3 Å². The van der Waals surface area contributed by atoms with Crippen molar-refractivity contribution < 1.29 is 0 Å². The molecule has 0 N–H and O–H groups in total. The van der Waals surface area contributed by atoms with Crippen LogP contribution in [0.4, 0.5) is 0 Å². The third-order valence-corrected chi connectivity index (χ3v) is 5.34. The van der Waals surface area contributed by atoms with Gasteiger partial charge in [-0.2, -0.15) is 0 Å². The minimum Gasteiger partial charge on any atom is -0.246 e. The van der Waals surface area contributed by atoms with Gasteiger partial charge in [0.1, 0.15) is 5.03 Å². The fourth-order valence-corrected chi connectivity index (χ4v) is 3.78. The molecule has 0 bridgehead atoms. The summed E-state index contributed by atoms with van der Waals surface area (Å²) in [7, 11) is 0. The van der Waals surface area contributed by atoms with Gasteiger partial charge < -0.3 is 0 Å². The number of hydrogen-bond acceptors (Lipinski definition) is 4. The molecule has 0 aliphatic rings. The topological polar surface area (TPSA) is 52.2 Å². The quantitative estimate of drug-likeness (QED) is 0.555. The zero-order valence-electron chi connectivity index (χ0n) is 14.6. The van der Waals surface area contributed by atoms with Gasteiger partial charge in [-0.15, -0.1) is 5.10 Å². The van der Waals surface area contributed by atoms with Gasteiger partial charge in [-0.05, 0) is 31.0 Å². The van der Waals surface area contributed by atoms with Crippen LogP contribution in [0.5, 0.6) is 0 Å². The fourth-order valence-electron chi connectivity index (χ4n) is 2.88. The molecule has 0 amide bonds. The van der Waals surface area contributed by atoms with Gasteiger partial charge >= 0.3 is 5.69 Å². The van der Waals surface area contributed by atoms with Crippen LogP contribution in [0.3, 0.4) is 0 Å². The number of nitrogens with zero attached hydrogens (tertiary/aromatic N) is 4. The van der Waals surface area contributed by atoms with E-state index in [0.29, 0.717) is 12.2 Å². The van der Waals surface area contributed by atoms with Crippen molar-refractivity contribution in [3.8, 4) is 0 Å². The van der Waals surface area contributed by atoms with E-state index in [1.165, 1.54) is 27.6 Å². The monoisotopic (exact) mass is 362 g/mol. The van der Waals surface area contributed by atoms with E-state index in [9.17, 15) is 4.79 Å². The molecule has 26 heavy (non-hydrogen) atoms. The molecule has 2 aromatic heterocycles. The van der Waals surface area contributed by atoms with Crippen molar-refractivity contribution in [2.45, 2.75) is 30.3 Å². The number of hydrogen-bond donors (Lipinski definition) is 0. The largest absolute Gasteiger partial charge is 0.350 e. The highest BCUT2D eigenvalue weighted by molar-refractivity contribution is 7.99. The van der Waals surface area contributed by atoms with Gasteiger partial charge in [-0.1, -0.05) is 59.8 Å². The summed E-state index contributed by atoms with van der Waals surface area (Å²) in [6.45, 7) is 4.59. The normalized spacial score (nSPS) is 11.2. The smallest absolute Gasteiger partial charge is 0.246 e. The maximum Gasteiger partial charge on any atom is 0.350 e. The zero-order chi connectivity index (χ0) is 18.1. The summed E-state index contributed by atoms with van der Waals surface area (Å²) in [5, 5.41) is 5.26. The Morgan fingerprint density at radius 3 is 2.65 bits per heavy atom. The number of fused-ring (bicyclic) bond motifs is 1. The van der Waals surface area contributed by atoms with Crippen LogP contribution in [0.1, 0.15) is 16.7 Å². The number of aryl methyl sites for hydroxylation is 2. The highest BCUT2D eigenvalue weighted by Gasteiger charge is 2.14. The molecule has 4 aromatic rings. The minimum absolute atomic E-state index is 0.159. The van der Waals surface area contributed by atoms with E-state index in [2.05, 4.69) is 42.1 Å². The van der Waals surface area contributed by atoms with Crippen LogP contribution in [-0.2, 0) is 6.54 Å². The molecule has 4 rings (SSSR count). The number of rotatable bonds is 4. The van der Waals surface area contributed by atoms with Crippen LogP contribution in [0.2, 0.25) is 0 Å². The second-order valence-corrected chi connectivity index (χ2v) is 7.25. The van der Waals surface area contributed by atoms with E-state index in [1.54, 1.807) is 16.8 Å². The second kappa shape index (κ2) is 6.80. The van der Waals surface area contributed by atoms with Crippen LogP contribution in [0, 0.1) is 13.8 Å². The highest BCUT2D eigenvalue weighted by Crippen LogP contribution is 2.31. The summed E-state index contributed by atoms with van der Waals surface area (Å²) in [5.74, 6) is 0. The van der Waals surface area contributed by atoms with Crippen molar-refractivity contribution in [1.29, 1.82) is 0 Å². The SMILES string of the molecule is Cc1ccc(Sc2nccn3c(=O)n(Cc4ccccc4)nc23)c(C)c1. The Labute approximate surface area is 155 Å². The van der Waals surface area contributed by atoms with Crippen molar-refractivity contribution in [2.75, 3.05) is 0 Å². The van der Waals surface area contributed by atoms with Gasteiger partial charge in [-0.3, -0.25) is 0 Å². The molecule has 0 saturated heterocycles. The molecule has 0 atom stereocenters. The maximum atomic E-state index is 12.7. The van der Waals surface area contributed by atoms with E-state index >= 15 is 0 Å². The number of aromatic nitrogens is 4. The van der Waals surface area contributed by atoms with Crippen molar-refractivity contribution in [3.05, 3.63) is 88.1 Å². The summed E-state index contributed by atoms with van der Waals surface area (Å²) in [6.07, 6.45) is 3.31. The Bertz CT molecular complexity index is 1130. The van der Waals surface area contributed by atoms with Crippen molar-refractivity contribution in [2.24, 2.45) is 0 Å². The standard InChI is InChI=1S/C20H18N4OS/c1-14-8-9-17(15(2)12-14)26-19-18-22-24(13-16-6-4-3-5-7-16)20(25)23(18)11-10-21-19/h3-12H,13H2,1-2H3. The van der Waals surface area contributed by atoms with Crippen LogP contribution >= 0.6 is 11.8 Å². The van der Waals surface area contributed by atoms with E-state index in [0.717, 1.165) is 15.5 Å². The fraction of sp³-hybridized carbons (Fsp3) is 0.150. The third-order valence-electron chi connectivity index (χ3n) is 4.18. The molecule has 0 fully saturated rings. The molecule has 0 saturated carbocycles. The van der Waals surface area contributed by atoms with E-state index in [1.807, 2.05) is 30.3 Å². The first-order chi connectivity index (χ1) is 12.6. The molecule has 130 valence electrons. The minimum atomic E-state index is -0.159. The Kier molecular flexibility index (Phi) is 4.34. The summed E-state index contributed by atoms with van der Waals surface area (Å²) in [5.41, 5.74) is 3.87. The van der Waals surface area contributed by atoms with Crippen molar-refractivity contribution >= 4 is 17.4 Å². The molecule has 0 spiro atoms. The van der Waals surface area contributed by atoms with Gasteiger partial charge in [0.05, 0.1) is 6.54 Å². The first kappa shape index (κ1) is 16.6. The third kappa shape index (κ3) is 3.15. The lowest BCUT2D eigenvalue weighted by molar-refractivity contribution is 0.658. The lowest BCUT2D eigenvalue weighted by atomic mass is 10.2. The predicted octanol–water partition coefficient (Wildman–Crippen LogP) is 3.71. The Morgan fingerprint density at radius 1 is 1.08 bits per heavy atom. The average Bonchev–Trinajstić information content (AvgIpc) is 2.95. The molecule has 2 aromatic carbocycles. The van der Waals surface area contributed by atoms with E-state index in [-0.39, 0.29) is 5.69 Å². The molecule has 0 unspecified atom stereocenters. The summed E-state index contributed by atoms with van der Waals surface area (Å²) in [6, 6.07) is 16.1. The Morgan fingerprint density at radius 2 is 1.88 bits per heavy atom. The van der Waals surface area contributed by atoms with Gasteiger partial charge in [0.25, 0.3) is 0 Å². The Hall–Kier alpha value is -2.86. The molecule has 0 aliphatic carbocycles. The maximum absolute atomic E-state index is 12.7. The molecule has 5 nitrogen and oxygen atoms in total. The van der Waals surface area contributed by atoms with Crippen LogP contribution in [0.15, 0.2) is 75.6 Å².